The molecule has 2 unspecified atom stereocenters. The Labute approximate surface area is 226 Å². The van der Waals surface area contributed by atoms with Gasteiger partial charge in [-0.3, -0.25) is 20.5 Å². The molecule has 12 nitrogen and oxygen atoms in total. The van der Waals surface area contributed by atoms with Gasteiger partial charge in [-0.15, -0.1) is 0 Å². The summed E-state index contributed by atoms with van der Waals surface area (Å²) in [4.78, 5) is 26.2. The van der Waals surface area contributed by atoms with Gasteiger partial charge in [-0.1, -0.05) is 30.3 Å². The summed E-state index contributed by atoms with van der Waals surface area (Å²) in [5.41, 5.74) is -0.627. The van der Waals surface area contributed by atoms with Crippen molar-refractivity contribution in [2.24, 2.45) is 0 Å². The van der Waals surface area contributed by atoms with Crippen molar-refractivity contribution in [3.63, 3.8) is 0 Å². The quantitative estimate of drug-likeness (QED) is 0.129. The van der Waals surface area contributed by atoms with Crippen LogP contribution in [0.1, 0.15) is 40.7 Å². The van der Waals surface area contributed by atoms with E-state index in [4.69, 9.17) is 0 Å². The third-order valence-electron chi connectivity index (χ3n) is 6.56. The Hall–Kier alpha value is -3.78. The third kappa shape index (κ3) is 6.45. The maximum Gasteiger partial charge on any atom is 0.345 e. The van der Waals surface area contributed by atoms with Crippen molar-refractivity contribution in [2.75, 3.05) is 13.1 Å². The molecule has 208 valence electrons. The van der Waals surface area contributed by atoms with Gasteiger partial charge in [-0.25, -0.2) is 13.2 Å². The zero-order valence-electron chi connectivity index (χ0n) is 21.7. The van der Waals surface area contributed by atoms with Gasteiger partial charge in [0.2, 0.25) is 15.7 Å². The van der Waals surface area contributed by atoms with Crippen LogP contribution >= 0.6 is 0 Å². The normalized spacial score (nSPS) is 16.9. The molecule has 2 heterocycles. The number of hydrogen-bond acceptors (Lipinski definition) is 8. The number of sulfonamides is 1. The molecule has 1 aliphatic heterocycles. The Bertz CT molecular complexity index is 1470. The van der Waals surface area contributed by atoms with Gasteiger partial charge in [0.1, 0.15) is 6.29 Å². The third-order valence-corrected chi connectivity index (χ3v) is 8.35. The molecule has 0 spiro atoms. The van der Waals surface area contributed by atoms with Crippen LogP contribution < -0.4 is 26.0 Å². The highest BCUT2D eigenvalue weighted by molar-refractivity contribution is 7.89. The SMILES string of the molecule is Cc1cccc(C)c1S(=O)(=O)NC(CCCCNC1NC=CCN1)(NC(=O)c1cccc2[nH]ncc12)C(=O)O. The Morgan fingerprint density at radius 3 is 2.56 bits per heavy atom. The average molecular weight is 556 g/mol. The summed E-state index contributed by atoms with van der Waals surface area (Å²) in [7, 11) is -4.35. The fourth-order valence-electron chi connectivity index (χ4n) is 4.63. The lowest BCUT2D eigenvalue weighted by Gasteiger charge is -2.32. The smallest absolute Gasteiger partial charge is 0.345 e. The van der Waals surface area contributed by atoms with Crippen molar-refractivity contribution >= 4 is 32.8 Å². The summed E-state index contributed by atoms with van der Waals surface area (Å²) in [5.74, 6) is -2.26. The highest BCUT2D eigenvalue weighted by Gasteiger charge is 2.44. The van der Waals surface area contributed by atoms with Crippen LogP contribution in [0.4, 0.5) is 0 Å². The first-order chi connectivity index (χ1) is 18.6. The van der Waals surface area contributed by atoms with Crippen LogP contribution in [-0.2, 0) is 14.8 Å². The number of carbonyl (C=O) groups is 2. The zero-order chi connectivity index (χ0) is 28.0. The van der Waals surface area contributed by atoms with Crippen LogP contribution in [-0.4, -0.2) is 60.6 Å². The second-order valence-corrected chi connectivity index (χ2v) is 11.1. The lowest BCUT2D eigenvalue weighted by molar-refractivity contribution is -0.145. The number of H-pyrrole nitrogens is 1. The largest absolute Gasteiger partial charge is 0.478 e. The first-order valence-electron chi connectivity index (χ1n) is 12.6. The number of aliphatic carboxylic acids is 1. The number of carboxylic acid groups (broad SMARTS) is 1. The van der Waals surface area contributed by atoms with Gasteiger partial charge in [0, 0.05) is 11.9 Å². The highest BCUT2D eigenvalue weighted by Crippen LogP contribution is 2.24. The molecule has 0 fully saturated rings. The van der Waals surface area contributed by atoms with Crippen LogP contribution in [0.15, 0.2) is 59.8 Å². The number of carbonyl (C=O) groups excluding carboxylic acids is 1. The minimum atomic E-state index is -4.35. The molecular weight excluding hydrogens is 522 g/mol. The van der Waals surface area contributed by atoms with E-state index < -0.39 is 27.6 Å². The number of benzene rings is 2. The van der Waals surface area contributed by atoms with Crippen LogP contribution in [0, 0.1) is 13.8 Å². The predicted octanol–water partition coefficient (Wildman–Crippen LogP) is 1.42. The van der Waals surface area contributed by atoms with Gasteiger partial charge in [0.05, 0.1) is 22.2 Å². The number of nitrogens with one attached hydrogen (secondary N) is 6. The Morgan fingerprint density at radius 2 is 1.87 bits per heavy atom. The number of aromatic nitrogens is 2. The first-order valence-corrected chi connectivity index (χ1v) is 14.1. The average Bonchev–Trinajstić information content (AvgIpc) is 3.37. The molecule has 4 rings (SSSR count). The second-order valence-electron chi connectivity index (χ2n) is 9.45. The summed E-state index contributed by atoms with van der Waals surface area (Å²) in [6, 6.07) is 9.88. The maximum absolute atomic E-state index is 13.6. The molecule has 13 heteroatoms. The minimum absolute atomic E-state index is 0.0222. The topological polar surface area (TPSA) is 177 Å². The summed E-state index contributed by atoms with van der Waals surface area (Å²) in [5, 5.41) is 29.7. The minimum Gasteiger partial charge on any atom is -0.478 e. The fraction of sp³-hybridized carbons (Fsp3) is 0.346. The van der Waals surface area contributed by atoms with Crippen molar-refractivity contribution in [1.82, 2.24) is 36.2 Å². The number of fused-ring (bicyclic) bond motifs is 1. The molecule has 2 aromatic carbocycles. The molecule has 1 aliphatic rings. The van der Waals surface area contributed by atoms with Crippen LogP contribution in [0.3, 0.4) is 0 Å². The lowest BCUT2D eigenvalue weighted by Crippen LogP contribution is -2.65. The van der Waals surface area contributed by atoms with Gasteiger partial charge in [-0.05, 0) is 69.1 Å². The number of aryl methyl sites for hydroxylation is 2. The summed E-state index contributed by atoms with van der Waals surface area (Å²) >= 11 is 0. The molecule has 7 N–H and O–H groups in total. The molecule has 0 radical (unpaired) electrons. The summed E-state index contributed by atoms with van der Waals surface area (Å²) < 4.78 is 29.6. The maximum atomic E-state index is 13.6. The lowest BCUT2D eigenvalue weighted by atomic mass is 10.0. The monoisotopic (exact) mass is 555 g/mol. The molecule has 0 saturated carbocycles. The number of hydrogen-bond donors (Lipinski definition) is 7. The van der Waals surface area contributed by atoms with Crippen molar-refractivity contribution in [1.29, 1.82) is 0 Å². The summed E-state index contributed by atoms with van der Waals surface area (Å²) in [6.45, 7) is 4.51. The van der Waals surface area contributed by atoms with E-state index in [0.29, 0.717) is 48.0 Å². The number of aromatic amines is 1. The van der Waals surface area contributed by atoms with Crippen LogP contribution in [0.5, 0.6) is 0 Å². The van der Waals surface area contributed by atoms with E-state index in [-0.39, 0.29) is 23.2 Å². The first kappa shape index (κ1) is 28.2. The van der Waals surface area contributed by atoms with Crippen LogP contribution in [0.2, 0.25) is 0 Å². The van der Waals surface area contributed by atoms with E-state index in [1.165, 1.54) is 12.3 Å². The van der Waals surface area contributed by atoms with E-state index in [1.807, 2.05) is 12.3 Å². The Kier molecular flexibility index (Phi) is 8.65. The van der Waals surface area contributed by atoms with Crippen LogP contribution in [0.25, 0.3) is 10.9 Å². The standard InChI is InChI=1S/C26H33N7O5S/c1-17-8-5-9-18(2)22(17)39(37,38)33-26(24(35)36,12-3-4-13-27-25-28-14-7-15-29-25)31-23(34)19-10-6-11-21-20(19)16-30-32-21/h5-11,14,16,25,27-29,33H,3-4,12-13,15H2,1-2H3,(H,30,32)(H,31,34)(H,35,36). The van der Waals surface area contributed by atoms with E-state index in [2.05, 4.69) is 36.2 Å². The van der Waals surface area contributed by atoms with Crippen molar-refractivity contribution < 1.29 is 23.1 Å². The van der Waals surface area contributed by atoms with E-state index in [0.717, 1.165) is 0 Å². The van der Waals surface area contributed by atoms with E-state index in [1.54, 1.807) is 44.2 Å². The van der Waals surface area contributed by atoms with Gasteiger partial charge in [-0.2, -0.15) is 9.82 Å². The number of unbranched alkanes of at least 4 members (excludes halogenated alkanes) is 1. The molecular formula is C26H33N7O5S. The number of rotatable bonds is 12. The van der Waals surface area contributed by atoms with Crippen molar-refractivity contribution in [3.8, 4) is 0 Å². The van der Waals surface area contributed by atoms with Crippen molar-refractivity contribution in [2.45, 2.75) is 50.0 Å². The van der Waals surface area contributed by atoms with Gasteiger partial charge >= 0.3 is 5.97 Å². The molecule has 0 aliphatic carbocycles. The zero-order valence-corrected chi connectivity index (χ0v) is 22.6. The van der Waals surface area contributed by atoms with Gasteiger partial charge < -0.3 is 15.7 Å². The van der Waals surface area contributed by atoms with Gasteiger partial charge in [0.15, 0.2) is 0 Å². The molecule has 0 saturated heterocycles. The number of nitrogens with zero attached hydrogens (tertiary/aromatic N) is 1. The second kappa shape index (κ2) is 11.9. The van der Waals surface area contributed by atoms with E-state index in [9.17, 15) is 23.1 Å². The van der Waals surface area contributed by atoms with Gasteiger partial charge in [0.25, 0.3) is 5.91 Å². The Balaban J connectivity index is 1.60. The number of amides is 1. The predicted molar refractivity (Wildman–Crippen MR) is 146 cm³/mol. The molecule has 3 aromatic rings. The number of carboxylic acids is 1. The molecule has 0 bridgehead atoms. The molecule has 2 atom stereocenters. The summed E-state index contributed by atoms with van der Waals surface area (Å²) in [6.07, 6.45) is 5.74. The Morgan fingerprint density at radius 1 is 1.13 bits per heavy atom. The molecule has 39 heavy (non-hydrogen) atoms. The van der Waals surface area contributed by atoms with Crippen molar-refractivity contribution in [3.05, 3.63) is 71.6 Å². The molecule has 1 amide bonds. The fourth-order valence-corrected chi connectivity index (χ4v) is 6.42. The molecule has 1 aromatic heterocycles. The highest BCUT2D eigenvalue weighted by atomic mass is 32.2. The van der Waals surface area contributed by atoms with E-state index >= 15 is 0 Å².